The van der Waals surface area contributed by atoms with Gasteiger partial charge in [-0.1, -0.05) is 26.0 Å². The molecule has 1 rings (SSSR count). The topological polar surface area (TPSA) is 43.4 Å². The Bertz CT molecular complexity index is 512. The van der Waals surface area contributed by atoms with Gasteiger partial charge in [-0.05, 0) is 40.9 Å². The maximum Gasteiger partial charge on any atom is 0.233 e. The Hall–Kier alpha value is -0.260. The summed E-state index contributed by atoms with van der Waals surface area (Å²) in [6, 6.07) is 7.49. The Morgan fingerprint density at radius 2 is 1.84 bits per heavy atom. The number of benzene rings is 1. The van der Waals surface area contributed by atoms with Crippen LogP contribution in [0.5, 0.6) is 5.75 Å². The van der Waals surface area contributed by atoms with Crippen LogP contribution >= 0.6 is 26.6 Å². The van der Waals surface area contributed by atoms with Crippen molar-refractivity contribution in [2.75, 3.05) is 12.4 Å². The molecule has 0 aromatic heterocycles. The number of hydrogen-bond donors (Lipinski definition) is 0. The van der Waals surface area contributed by atoms with Gasteiger partial charge in [0, 0.05) is 16.1 Å². The molecular weight excluding hydrogens is 352 g/mol. The number of para-hydroxylation sites is 1. The van der Waals surface area contributed by atoms with E-state index >= 15 is 0 Å². The minimum Gasteiger partial charge on any atom is -0.492 e. The highest BCUT2D eigenvalue weighted by Crippen LogP contribution is 2.32. The largest absolute Gasteiger partial charge is 0.492 e. The SMILES string of the molecule is CCC(CC)(COc1ccccc1Br)CS(=O)(=O)Cl. The maximum absolute atomic E-state index is 11.3. The Balaban J connectivity index is 2.83. The Morgan fingerprint density at radius 1 is 1.26 bits per heavy atom. The fraction of sp³-hybridized carbons (Fsp3) is 0.538. The molecule has 0 fully saturated rings. The van der Waals surface area contributed by atoms with Crippen LogP contribution < -0.4 is 4.74 Å². The molecule has 0 bridgehead atoms. The molecular formula is C13H18BrClO3S. The predicted octanol–water partition coefficient (Wildman–Crippen LogP) is 4.20. The minimum absolute atomic E-state index is 0.0704. The molecule has 0 N–H and O–H groups in total. The fourth-order valence-electron chi connectivity index (χ4n) is 1.86. The maximum atomic E-state index is 11.3. The van der Waals surface area contributed by atoms with Crippen molar-refractivity contribution in [1.82, 2.24) is 0 Å². The molecule has 0 amide bonds. The molecule has 0 aliphatic heterocycles. The zero-order valence-corrected chi connectivity index (χ0v) is 14.2. The smallest absolute Gasteiger partial charge is 0.233 e. The molecule has 6 heteroatoms. The zero-order chi connectivity index (χ0) is 14.5. The van der Waals surface area contributed by atoms with E-state index in [0.29, 0.717) is 25.2 Å². The summed E-state index contributed by atoms with van der Waals surface area (Å²) in [5, 5.41) is 0. The lowest BCUT2D eigenvalue weighted by atomic mass is 9.85. The van der Waals surface area contributed by atoms with Crippen molar-refractivity contribution in [1.29, 1.82) is 0 Å². The number of halogens is 2. The van der Waals surface area contributed by atoms with E-state index in [9.17, 15) is 8.42 Å². The normalized spacial score (nSPS) is 12.4. The highest BCUT2D eigenvalue weighted by molar-refractivity contribution is 9.10. The Labute approximate surface area is 127 Å². The fourth-order valence-corrected chi connectivity index (χ4v) is 4.17. The van der Waals surface area contributed by atoms with Crippen LogP contribution in [0, 0.1) is 5.41 Å². The molecule has 1 aromatic carbocycles. The van der Waals surface area contributed by atoms with Crippen LogP contribution in [0.25, 0.3) is 0 Å². The third-order valence-electron chi connectivity index (χ3n) is 3.35. The van der Waals surface area contributed by atoms with Crippen molar-refractivity contribution in [3.8, 4) is 5.75 Å². The van der Waals surface area contributed by atoms with Gasteiger partial charge in [-0.2, -0.15) is 0 Å². The van der Waals surface area contributed by atoms with Crippen LogP contribution in [0.2, 0.25) is 0 Å². The van der Waals surface area contributed by atoms with Crippen LogP contribution in [0.4, 0.5) is 0 Å². The summed E-state index contributed by atoms with van der Waals surface area (Å²) in [6.07, 6.45) is 1.39. The van der Waals surface area contributed by atoms with E-state index in [-0.39, 0.29) is 5.75 Å². The summed E-state index contributed by atoms with van der Waals surface area (Å²) >= 11 is 3.40. The number of ether oxygens (including phenoxy) is 1. The van der Waals surface area contributed by atoms with Gasteiger partial charge in [0.2, 0.25) is 9.05 Å². The molecule has 108 valence electrons. The zero-order valence-electron chi connectivity index (χ0n) is 11.0. The summed E-state index contributed by atoms with van der Waals surface area (Å²) in [5.74, 6) is 0.639. The highest BCUT2D eigenvalue weighted by atomic mass is 79.9. The van der Waals surface area contributed by atoms with Gasteiger partial charge in [0.15, 0.2) is 0 Å². The second-order valence-corrected chi connectivity index (χ2v) is 8.24. The van der Waals surface area contributed by atoms with Crippen LogP contribution in [-0.4, -0.2) is 20.8 Å². The molecule has 0 atom stereocenters. The van der Waals surface area contributed by atoms with E-state index in [1.807, 2.05) is 38.1 Å². The van der Waals surface area contributed by atoms with Gasteiger partial charge >= 0.3 is 0 Å². The molecule has 0 heterocycles. The number of hydrogen-bond acceptors (Lipinski definition) is 3. The van der Waals surface area contributed by atoms with Crippen molar-refractivity contribution in [3.05, 3.63) is 28.7 Å². The summed E-state index contributed by atoms with van der Waals surface area (Å²) in [5.41, 5.74) is -0.449. The third-order valence-corrected chi connectivity index (χ3v) is 5.29. The molecule has 0 saturated heterocycles. The van der Waals surface area contributed by atoms with Crippen LogP contribution in [0.15, 0.2) is 28.7 Å². The third kappa shape index (κ3) is 5.32. The summed E-state index contributed by atoms with van der Waals surface area (Å²) < 4.78 is 29.3. The average Bonchev–Trinajstić information content (AvgIpc) is 2.35. The quantitative estimate of drug-likeness (QED) is 0.676. The first kappa shape index (κ1) is 16.8. The van der Waals surface area contributed by atoms with Gasteiger partial charge in [-0.25, -0.2) is 8.42 Å². The van der Waals surface area contributed by atoms with Crippen molar-refractivity contribution >= 4 is 35.7 Å². The average molecular weight is 370 g/mol. The molecule has 1 aromatic rings. The van der Waals surface area contributed by atoms with Crippen molar-refractivity contribution in [2.24, 2.45) is 5.41 Å². The van der Waals surface area contributed by atoms with Crippen molar-refractivity contribution in [2.45, 2.75) is 26.7 Å². The van der Waals surface area contributed by atoms with E-state index in [4.69, 9.17) is 15.4 Å². The molecule has 3 nitrogen and oxygen atoms in total. The van der Waals surface area contributed by atoms with Gasteiger partial charge in [-0.15, -0.1) is 0 Å². The van der Waals surface area contributed by atoms with E-state index in [1.54, 1.807) is 0 Å². The van der Waals surface area contributed by atoms with Crippen LogP contribution in [0.3, 0.4) is 0 Å². The molecule has 0 radical (unpaired) electrons. The summed E-state index contributed by atoms with van der Waals surface area (Å²) in [7, 11) is 1.86. The first-order valence-corrected chi connectivity index (χ1v) is 9.39. The number of rotatable bonds is 7. The summed E-state index contributed by atoms with van der Waals surface area (Å²) in [6.45, 7) is 4.23. The lowest BCUT2D eigenvalue weighted by Crippen LogP contribution is -2.33. The van der Waals surface area contributed by atoms with Gasteiger partial charge in [0.05, 0.1) is 16.8 Å². The monoisotopic (exact) mass is 368 g/mol. The molecule has 0 aliphatic carbocycles. The molecule has 19 heavy (non-hydrogen) atoms. The summed E-state index contributed by atoms with van der Waals surface area (Å²) in [4.78, 5) is 0. The second-order valence-electron chi connectivity index (χ2n) is 4.61. The first-order chi connectivity index (χ1) is 8.82. The molecule has 0 aliphatic rings. The first-order valence-electron chi connectivity index (χ1n) is 6.11. The Morgan fingerprint density at radius 3 is 2.32 bits per heavy atom. The molecule has 0 saturated carbocycles. The predicted molar refractivity (Wildman–Crippen MR) is 82.3 cm³/mol. The van der Waals surface area contributed by atoms with Crippen LogP contribution in [0.1, 0.15) is 26.7 Å². The second kappa shape index (κ2) is 6.95. The molecule has 0 spiro atoms. The lowest BCUT2D eigenvalue weighted by Gasteiger charge is -2.30. The van der Waals surface area contributed by atoms with Gasteiger partial charge < -0.3 is 4.74 Å². The standard InChI is InChI=1S/C13H18BrClO3S/c1-3-13(4-2,10-19(15,16)17)9-18-12-8-6-5-7-11(12)14/h5-8H,3-4,9-10H2,1-2H3. The van der Waals surface area contributed by atoms with Gasteiger partial charge in [0.1, 0.15) is 5.75 Å². The van der Waals surface area contributed by atoms with Gasteiger partial charge in [0.25, 0.3) is 0 Å². The van der Waals surface area contributed by atoms with E-state index in [1.165, 1.54) is 0 Å². The van der Waals surface area contributed by atoms with E-state index < -0.39 is 14.5 Å². The van der Waals surface area contributed by atoms with Crippen molar-refractivity contribution in [3.63, 3.8) is 0 Å². The van der Waals surface area contributed by atoms with Crippen LogP contribution in [-0.2, 0) is 9.05 Å². The van der Waals surface area contributed by atoms with E-state index in [0.717, 1.165) is 4.47 Å². The minimum atomic E-state index is -3.54. The van der Waals surface area contributed by atoms with Gasteiger partial charge in [-0.3, -0.25) is 0 Å². The Kier molecular flexibility index (Phi) is 6.15. The highest BCUT2D eigenvalue weighted by Gasteiger charge is 2.32. The van der Waals surface area contributed by atoms with E-state index in [2.05, 4.69) is 15.9 Å². The lowest BCUT2D eigenvalue weighted by molar-refractivity contribution is 0.154. The molecule has 0 unspecified atom stereocenters. The van der Waals surface area contributed by atoms with Crippen molar-refractivity contribution < 1.29 is 13.2 Å².